The fraction of sp³-hybridized carbons (Fsp3) is 0.375. The third-order valence-corrected chi connectivity index (χ3v) is 4.87. The molecule has 0 saturated heterocycles. The summed E-state index contributed by atoms with van der Waals surface area (Å²) in [5.41, 5.74) is 0. The lowest BCUT2D eigenvalue weighted by atomic mass is 10.2. The van der Waals surface area contributed by atoms with Gasteiger partial charge in [-0.05, 0) is 38.1 Å². The van der Waals surface area contributed by atoms with Crippen LogP contribution in [0.3, 0.4) is 0 Å². The van der Waals surface area contributed by atoms with Crippen molar-refractivity contribution in [3.05, 3.63) is 48.2 Å². The van der Waals surface area contributed by atoms with Crippen molar-refractivity contribution in [1.82, 2.24) is 20.3 Å². The lowest BCUT2D eigenvalue weighted by Gasteiger charge is -2.16. The summed E-state index contributed by atoms with van der Waals surface area (Å²) in [7, 11) is -1.91. The third-order valence-electron chi connectivity index (χ3n) is 3.42. The largest absolute Gasteiger partial charge is 0.464 e. The second-order valence-electron chi connectivity index (χ2n) is 5.40. The van der Waals surface area contributed by atoms with Crippen LogP contribution < -0.4 is 15.4 Å². The van der Waals surface area contributed by atoms with Crippen LogP contribution >= 0.6 is 24.0 Å². The van der Waals surface area contributed by atoms with Gasteiger partial charge in [-0.1, -0.05) is 0 Å². The van der Waals surface area contributed by atoms with Crippen LogP contribution in [0, 0.1) is 6.92 Å². The normalized spacial score (nSPS) is 13.0. The van der Waals surface area contributed by atoms with E-state index < -0.39 is 10.0 Å². The zero-order valence-corrected chi connectivity index (χ0v) is 18.0. The molecule has 2 aromatic rings. The maximum atomic E-state index is 12.1. The molecule has 0 amide bonds. The summed E-state index contributed by atoms with van der Waals surface area (Å²) in [6.07, 6.45) is 2.83. The average Bonchev–Trinajstić information content (AvgIpc) is 3.05. The monoisotopic (exact) mass is 493 g/mol. The molecular weight excluding hydrogens is 469 g/mol. The molecule has 1 unspecified atom stereocenters. The fourth-order valence-corrected chi connectivity index (χ4v) is 3.11. The molecule has 0 radical (unpaired) electrons. The van der Waals surface area contributed by atoms with Gasteiger partial charge in [0.15, 0.2) is 5.96 Å². The number of furan rings is 1. The van der Waals surface area contributed by atoms with Crippen molar-refractivity contribution in [2.45, 2.75) is 24.8 Å². The smallest absolute Gasteiger partial charge is 0.242 e. The lowest BCUT2D eigenvalue weighted by Crippen LogP contribution is -2.42. The van der Waals surface area contributed by atoms with Crippen molar-refractivity contribution in [1.29, 1.82) is 0 Å². The van der Waals surface area contributed by atoms with E-state index in [4.69, 9.17) is 4.42 Å². The Morgan fingerprint density at radius 1 is 1.31 bits per heavy atom. The van der Waals surface area contributed by atoms with E-state index in [-0.39, 0.29) is 41.5 Å². The van der Waals surface area contributed by atoms with Crippen molar-refractivity contribution in [2.75, 3.05) is 20.1 Å². The van der Waals surface area contributed by atoms with Gasteiger partial charge in [-0.3, -0.25) is 9.98 Å². The highest BCUT2D eigenvalue weighted by atomic mass is 127. The number of rotatable bonds is 7. The van der Waals surface area contributed by atoms with Gasteiger partial charge < -0.3 is 15.1 Å². The van der Waals surface area contributed by atoms with Gasteiger partial charge in [-0.15, -0.1) is 24.0 Å². The number of hydrogen-bond acceptors (Lipinski definition) is 5. The van der Waals surface area contributed by atoms with Crippen molar-refractivity contribution in [3.63, 3.8) is 0 Å². The van der Waals surface area contributed by atoms with Crippen LogP contribution in [0.15, 0.2) is 51.0 Å². The molecule has 8 nitrogen and oxygen atoms in total. The van der Waals surface area contributed by atoms with Crippen molar-refractivity contribution < 1.29 is 12.8 Å². The molecule has 144 valence electrons. The van der Waals surface area contributed by atoms with E-state index in [0.717, 1.165) is 11.5 Å². The predicted molar refractivity (Wildman–Crippen MR) is 111 cm³/mol. The summed E-state index contributed by atoms with van der Waals surface area (Å²) in [4.78, 5) is 8.07. The summed E-state index contributed by atoms with van der Waals surface area (Å²) in [6, 6.07) is 6.82. The van der Waals surface area contributed by atoms with Crippen LogP contribution in [0.5, 0.6) is 0 Å². The zero-order valence-electron chi connectivity index (χ0n) is 14.9. The quantitative estimate of drug-likeness (QED) is 0.235. The fourth-order valence-electron chi connectivity index (χ4n) is 2.11. The number of hydrogen-bond donors (Lipinski definition) is 3. The molecule has 2 heterocycles. The Morgan fingerprint density at radius 3 is 2.65 bits per heavy atom. The highest BCUT2D eigenvalue weighted by molar-refractivity contribution is 14.0. The molecule has 2 rings (SSSR count). The molecule has 2 aromatic heterocycles. The van der Waals surface area contributed by atoms with Crippen LogP contribution in [-0.2, 0) is 10.0 Å². The molecule has 26 heavy (non-hydrogen) atoms. The molecule has 0 bridgehead atoms. The molecule has 0 aromatic carbocycles. The lowest BCUT2D eigenvalue weighted by molar-refractivity contribution is 0.441. The van der Waals surface area contributed by atoms with Gasteiger partial charge in [0, 0.05) is 32.5 Å². The van der Waals surface area contributed by atoms with Gasteiger partial charge in [0.1, 0.15) is 16.4 Å². The van der Waals surface area contributed by atoms with E-state index in [1.165, 1.54) is 18.5 Å². The van der Waals surface area contributed by atoms with Gasteiger partial charge in [-0.2, -0.15) is 0 Å². The molecule has 0 spiro atoms. The van der Waals surface area contributed by atoms with Crippen LogP contribution in [0.4, 0.5) is 0 Å². The SMILES string of the molecule is CN=C(NCCNS(=O)(=O)c1cccnc1)NC(C)c1ccc(C)o1.I. The number of halogens is 1. The molecule has 3 N–H and O–H groups in total. The number of sulfonamides is 1. The minimum atomic E-state index is -3.56. The van der Waals surface area contributed by atoms with Crippen molar-refractivity contribution in [3.8, 4) is 0 Å². The number of aliphatic imine (C=N–C) groups is 1. The Kier molecular flexibility index (Phi) is 9.02. The van der Waals surface area contributed by atoms with Crippen LogP contribution in [0.1, 0.15) is 24.5 Å². The Bertz CT molecular complexity index is 808. The number of aromatic nitrogens is 1. The first-order valence-corrected chi connectivity index (χ1v) is 9.34. The van der Waals surface area contributed by atoms with E-state index in [9.17, 15) is 8.42 Å². The van der Waals surface area contributed by atoms with E-state index >= 15 is 0 Å². The molecular formula is C16H24IN5O3S. The predicted octanol–water partition coefficient (Wildman–Crippen LogP) is 1.81. The summed E-state index contributed by atoms with van der Waals surface area (Å²) >= 11 is 0. The zero-order chi connectivity index (χ0) is 18.3. The second-order valence-corrected chi connectivity index (χ2v) is 7.17. The number of guanidine groups is 1. The first kappa shape index (κ1) is 22.4. The van der Waals surface area contributed by atoms with Gasteiger partial charge in [0.05, 0.1) is 6.04 Å². The minimum absolute atomic E-state index is 0. The summed E-state index contributed by atoms with van der Waals surface area (Å²) in [5.74, 6) is 2.20. The third kappa shape index (κ3) is 6.57. The molecule has 0 saturated carbocycles. The van der Waals surface area contributed by atoms with E-state index in [1.807, 2.05) is 26.0 Å². The van der Waals surface area contributed by atoms with Crippen molar-refractivity contribution in [2.24, 2.45) is 4.99 Å². The Labute approximate surface area is 171 Å². The van der Waals surface area contributed by atoms with Crippen LogP contribution in [0.25, 0.3) is 0 Å². The van der Waals surface area contributed by atoms with Crippen LogP contribution in [0.2, 0.25) is 0 Å². The molecule has 0 aliphatic heterocycles. The highest BCUT2D eigenvalue weighted by Gasteiger charge is 2.14. The standard InChI is InChI=1S/C16H23N5O3S.HI/c1-12-6-7-15(24-12)13(2)21-16(17-3)19-9-10-20-25(22,23)14-5-4-8-18-11-14;/h4-8,11,13,20H,9-10H2,1-3H3,(H2,17,19,21);1H. The second kappa shape index (κ2) is 10.5. The first-order chi connectivity index (χ1) is 11.9. The highest BCUT2D eigenvalue weighted by Crippen LogP contribution is 2.15. The van der Waals surface area contributed by atoms with E-state index in [2.05, 4.69) is 25.3 Å². The molecule has 0 aliphatic carbocycles. The van der Waals surface area contributed by atoms with Gasteiger partial charge in [-0.25, -0.2) is 13.1 Å². The minimum Gasteiger partial charge on any atom is -0.464 e. The number of nitrogens with zero attached hydrogens (tertiary/aromatic N) is 2. The van der Waals surface area contributed by atoms with Gasteiger partial charge >= 0.3 is 0 Å². The first-order valence-electron chi connectivity index (χ1n) is 7.85. The van der Waals surface area contributed by atoms with E-state index in [0.29, 0.717) is 12.5 Å². The average molecular weight is 493 g/mol. The number of aryl methyl sites for hydroxylation is 1. The molecule has 0 aliphatic rings. The Morgan fingerprint density at radius 2 is 2.08 bits per heavy atom. The maximum absolute atomic E-state index is 12.1. The summed E-state index contributed by atoms with van der Waals surface area (Å²) in [5, 5.41) is 6.24. The number of nitrogens with one attached hydrogen (secondary N) is 3. The van der Waals surface area contributed by atoms with E-state index in [1.54, 1.807) is 13.1 Å². The summed E-state index contributed by atoms with van der Waals surface area (Å²) in [6.45, 7) is 4.43. The molecule has 10 heteroatoms. The van der Waals surface area contributed by atoms with Crippen LogP contribution in [-0.4, -0.2) is 39.5 Å². The maximum Gasteiger partial charge on any atom is 0.242 e. The van der Waals surface area contributed by atoms with Crippen molar-refractivity contribution >= 4 is 40.0 Å². The van der Waals surface area contributed by atoms with Gasteiger partial charge in [0.25, 0.3) is 0 Å². The molecule has 1 atom stereocenters. The Balaban J connectivity index is 0.00000338. The molecule has 0 fully saturated rings. The summed E-state index contributed by atoms with van der Waals surface area (Å²) < 4.78 is 32.2. The topological polar surface area (TPSA) is 109 Å². The van der Waals surface area contributed by atoms with Gasteiger partial charge in [0.2, 0.25) is 10.0 Å². The number of pyridine rings is 1. The Hall–Kier alpha value is -1.66.